The number of rotatable bonds is 4. The van der Waals surface area contributed by atoms with Crippen molar-refractivity contribution in [2.24, 2.45) is 0 Å². The van der Waals surface area contributed by atoms with Gasteiger partial charge in [0.15, 0.2) is 0 Å². The lowest BCUT2D eigenvalue weighted by Crippen LogP contribution is -2.01. The van der Waals surface area contributed by atoms with Crippen LogP contribution in [0.1, 0.15) is 17.7 Å². The van der Waals surface area contributed by atoms with E-state index in [-0.39, 0.29) is 6.42 Å². The molecule has 4 nitrogen and oxygen atoms in total. The van der Waals surface area contributed by atoms with Gasteiger partial charge in [-0.25, -0.2) is 0 Å². The Labute approximate surface area is 105 Å². The van der Waals surface area contributed by atoms with Crippen molar-refractivity contribution in [2.75, 3.05) is 7.11 Å². The van der Waals surface area contributed by atoms with Crippen LogP contribution < -0.4 is 4.74 Å². The number of ether oxygens (including phenoxy) is 1. The molecule has 0 unspecified atom stereocenters. The van der Waals surface area contributed by atoms with Crippen molar-refractivity contribution < 1.29 is 14.6 Å². The molecule has 94 valence electrons. The third-order valence-electron chi connectivity index (χ3n) is 2.89. The van der Waals surface area contributed by atoms with Crippen LogP contribution in [0.3, 0.4) is 0 Å². The maximum Gasteiger partial charge on any atom is 0.303 e. The number of aliphatic carboxylic acids is 1. The second kappa shape index (κ2) is 5.04. The van der Waals surface area contributed by atoms with Gasteiger partial charge in [-0.15, -0.1) is 0 Å². The summed E-state index contributed by atoms with van der Waals surface area (Å²) in [6.45, 7) is 1.93. The van der Waals surface area contributed by atoms with E-state index in [1.807, 2.05) is 31.2 Å². The van der Waals surface area contributed by atoms with Crippen LogP contribution in [-0.4, -0.2) is 23.2 Å². The van der Waals surface area contributed by atoms with Gasteiger partial charge >= 0.3 is 5.97 Å². The van der Waals surface area contributed by atoms with E-state index < -0.39 is 5.97 Å². The standard InChI is InChI=1S/C14H15NO3/c1-9-3-4-10-11(5-8-14(16)17)13(18-2)7-6-12(10)15-9/h3-4,6-7H,5,8H2,1-2H3,(H,16,17). The van der Waals surface area contributed by atoms with Gasteiger partial charge < -0.3 is 9.84 Å². The highest BCUT2D eigenvalue weighted by Gasteiger charge is 2.10. The molecule has 2 aromatic rings. The van der Waals surface area contributed by atoms with E-state index >= 15 is 0 Å². The van der Waals surface area contributed by atoms with E-state index in [4.69, 9.17) is 9.84 Å². The fraction of sp³-hybridized carbons (Fsp3) is 0.286. The molecular formula is C14H15NO3. The molecule has 1 N–H and O–H groups in total. The normalized spacial score (nSPS) is 10.6. The van der Waals surface area contributed by atoms with Gasteiger partial charge in [0.05, 0.1) is 12.6 Å². The lowest BCUT2D eigenvalue weighted by molar-refractivity contribution is -0.136. The third kappa shape index (κ3) is 2.42. The highest BCUT2D eigenvalue weighted by Crippen LogP contribution is 2.28. The molecule has 0 amide bonds. The van der Waals surface area contributed by atoms with Crippen LogP contribution in [0.15, 0.2) is 24.3 Å². The Morgan fingerprint density at radius 3 is 2.78 bits per heavy atom. The zero-order valence-electron chi connectivity index (χ0n) is 10.4. The maximum atomic E-state index is 10.7. The average Bonchev–Trinajstić information content (AvgIpc) is 2.35. The summed E-state index contributed by atoms with van der Waals surface area (Å²) in [6, 6.07) is 7.63. The van der Waals surface area contributed by atoms with Crippen LogP contribution in [0.25, 0.3) is 10.9 Å². The Kier molecular flexibility index (Phi) is 3.46. The number of fused-ring (bicyclic) bond motifs is 1. The van der Waals surface area contributed by atoms with Crippen LogP contribution in [0.2, 0.25) is 0 Å². The van der Waals surface area contributed by atoms with Crippen molar-refractivity contribution in [3.63, 3.8) is 0 Å². The van der Waals surface area contributed by atoms with E-state index in [0.717, 1.165) is 27.9 Å². The molecule has 1 heterocycles. The molecule has 0 aliphatic rings. The van der Waals surface area contributed by atoms with Gasteiger partial charge in [0, 0.05) is 23.1 Å². The fourth-order valence-corrected chi connectivity index (χ4v) is 2.03. The second-order valence-electron chi connectivity index (χ2n) is 4.16. The Morgan fingerprint density at radius 1 is 1.33 bits per heavy atom. The van der Waals surface area contributed by atoms with Gasteiger partial charge in [-0.1, -0.05) is 6.07 Å². The summed E-state index contributed by atoms with van der Waals surface area (Å²) in [5.74, 6) is -0.0940. The van der Waals surface area contributed by atoms with Gasteiger partial charge in [0.2, 0.25) is 0 Å². The first-order valence-electron chi connectivity index (χ1n) is 5.77. The van der Waals surface area contributed by atoms with Crippen molar-refractivity contribution in [1.29, 1.82) is 0 Å². The van der Waals surface area contributed by atoms with Crippen LogP contribution >= 0.6 is 0 Å². The van der Waals surface area contributed by atoms with E-state index in [9.17, 15) is 4.79 Å². The largest absolute Gasteiger partial charge is 0.496 e. The Bertz CT molecular complexity index is 593. The molecule has 0 spiro atoms. The minimum absolute atomic E-state index is 0.0867. The average molecular weight is 245 g/mol. The molecule has 0 bridgehead atoms. The molecule has 0 fully saturated rings. The van der Waals surface area contributed by atoms with Gasteiger partial charge in [-0.05, 0) is 31.5 Å². The Hall–Kier alpha value is -2.10. The zero-order chi connectivity index (χ0) is 13.1. The number of nitrogens with zero attached hydrogens (tertiary/aromatic N) is 1. The molecule has 0 radical (unpaired) electrons. The van der Waals surface area contributed by atoms with Crippen LogP contribution in [0.4, 0.5) is 0 Å². The lowest BCUT2D eigenvalue weighted by Gasteiger charge is -2.11. The van der Waals surface area contributed by atoms with Crippen molar-refractivity contribution in [3.8, 4) is 5.75 Å². The predicted octanol–water partition coefficient (Wildman–Crippen LogP) is 2.57. The number of methoxy groups -OCH3 is 1. The summed E-state index contributed by atoms with van der Waals surface area (Å²) in [5.41, 5.74) is 2.72. The SMILES string of the molecule is COc1ccc2nc(C)ccc2c1CCC(=O)O. The predicted molar refractivity (Wildman–Crippen MR) is 69.0 cm³/mol. The van der Waals surface area contributed by atoms with Gasteiger partial charge in [0.1, 0.15) is 5.75 Å². The summed E-state index contributed by atoms with van der Waals surface area (Å²) in [6.07, 6.45) is 0.532. The minimum Gasteiger partial charge on any atom is -0.496 e. The molecule has 18 heavy (non-hydrogen) atoms. The fourth-order valence-electron chi connectivity index (χ4n) is 2.03. The number of carboxylic acid groups (broad SMARTS) is 1. The van der Waals surface area contributed by atoms with Crippen molar-refractivity contribution in [1.82, 2.24) is 4.98 Å². The minimum atomic E-state index is -0.811. The number of pyridine rings is 1. The summed E-state index contributed by atoms with van der Waals surface area (Å²) in [5, 5.41) is 9.76. The van der Waals surface area contributed by atoms with E-state index in [0.29, 0.717) is 6.42 Å². The second-order valence-corrected chi connectivity index (χ2v) is 4.16. The molecule has 4 heteroatoms. The smallest absolute Gasteiger partial charge is 0.303 e. The lowest BCUT2D eigenvalue weighted by atomic mass is 10.0. The van der Waals surface area contributed by atoms with Gasteiger partial charge in [0.25, 0.3) is 0 Å². The summed E-state index contributed by atoms with van der Waals surface area (Å²) in [7, 11) is 1.59. The molecule has 1 aromatic carbocycles. The highest BCUT2D eigenvalue weighted by molar-refractivity contribution is 5.85. The number of aromatic nitrogens is 1. The Balaban J connectivity index is 2.54. The van der Waals surface area contributed by atoms with Gasteiger partial charge in [-0.2, -0.15) is 0 Å². The van der Waals surface area contributed by atoms with Crippen molar-refractivity contribution in [3.05, 3.63) is 35.5 Å². The monoisotopic (exact) mass is 245 g/mol. The molecule has 1 aromatic heterocycles. The van der Waals surface area contributed by atoms with E-state index in [1.165, 1.54) is 0 Å². The third-order valence-corrected chi connectivity index (χ3v) is 2.89. The zero-order valence-corrected chi connectivity index (χ0v) is 10.4. The molecule has 2 rings (SSSR count). The van der Waals surface area contributed by atoms with Crippen LogP contribution in [0, 0.1) is 6.92 Å². The summed E-state index contributed by atoms with van der Waals surface area (Å²) >= 11 is 0. The van der Waals surface area contributed by atoms with E-state index in [1.54, 1.807) is 7.11 Å². The number of carboxylic acids is 1. The number of benzene rings is 1. The van der Waals surface area contributed by atoms with Crippen LogP contribution in [-0.2, 0) is 11.2 Å². The van der Waals surface area contributed by atoms with Gasteiger partial charge in [-0.3, -0.25) is 9.78 Å². The first-order chi connectivity index (χ1) is 8.61. The maximum absolute atomic E-state index is 10.7. The molecule has 0 aliphatic heterocycles. The number of aryl methyl sites for hydroxylation is 2. The molecular weight excluding hydrogens is 230 g/mol. The first kappa shape index (κ1) is 12.4. The first-order valence-corrected chi connectivity index (χ1v) is 5.77. The number of hydrogen-bond donors (Lipinski definition) is 1. The van der Waals surface area contributed by atoms with Crippen molar-refractivity contribution in [2.45, 2.75) is 19.8 Å². The highest BCUT2D eigenvalue weighted by atomic mass is 16.5. The molecule has 0 saturated carbocycles. The number of carbonyl (C=O) groups is 1. The molecule has 0 aliphatic carbocycles. The van der Waals surface area contributed by atoms with E-state index in [2.05, 4.69) is 4.98 Å². The van der Waals surface area contributed by atoms with Crippen LogP contribution in [0.5, 0.6) is 5.75 Å². The topological polar surface area (TPSA) is 59.4 Å². The molecule has 0 saturated heterocycles. The van der Waals surface area contributed by atoms with Crippen molar-refractivity contribution >= 4 is 16.9 Å². The number of hydrogen-bond acceptors (Lipinski definition) is 3. The molecule has 0 atom stereocenters. The summed E-state index contributed by atoms with van der Waals surface area (Å²) in [4.78, 5) is 15.1. The quantitative estimate of drug-likeness (QED) is 0.899. The Morgan fingerprint density at radius 2 is 2.11 bits per heavy atom. The summed E-state index contributed by atoms with van der Waals surface area (Å²) < 4.78 is 5.30.